The molecule has 1 atom stereocenters. The van der Waals surface area contributed by atoms with Crippen LogP contribution >= 0.6 is 0 Å². The fourth-order valence-electron chi connectivity index (χ4n) is 4.44. The smallest absolute Gasteiger partial charge is 0.0470 e. The molecular weight excluding hydrogens is 338 g/mol. The Morgan fingerprint density at radius 2 is 1.71 bits per heavy atom. The topological polar surface area (TPSA) is 12.0 Å². The second-order valence-corrected chi connectivity index (χ2v) is 7.82. The molecule has 1 nitrogen and oxygen atoms in total. The maximum atomic E-state index is 4.20. The van der Waals surface area contributed by atoms with Gasteiger partial charge in [0.25, 0.3) is 0 Å². The molecule has 1 aliphatic heterocycles. The fourth-order valence-corrected chi connectivity index (χ4v) is 4.44. The Kier molecular flexibility index (Phi) is 5.93. The van der Waals surface area contributed by atoms with E-state index in [0.717, 1.165) is 17.3 Å². The van der Waals surface area contributed by atoms with Crippen molar-refractivity contribution in [3.8, 4) is 11.1 Å². The first-order valence-electron chi connectivity index (χ1n) is 10.6. The van der Waals surface area contributed by atoms with Crippen LogP contribution in [0.5, 0.6) is 0 Å². The summed E-state index contributed by atoms with van der Waals surface area (Å²) >= 11 is 0. The summed E-state index contributed by atoms with van der Waals surface area (Å²) in [6.07, 6.45) is 6.75. The van der Waals surface area contributed by atoms with Crippen LogP contribution in [0, 0.1) is 12.8 Å². The maximum Gasteiger partial charge on any atom is 0.0470 e. The second kappa shape index (κ2) is 8.22. The van der Waals surface area contributed by atoms with Crippen LogP contribution in [0.4, 0.5) is 5.69 Å². The van der Waals surface area contributed by atoms with Crippen molar-refractivity contribution in [2.24, 2.45) is 5.92 Å². The SMILES string of the molecule is C=C1Nc2ccc(C)c(-c3ccc4c(c3)CC(C)C4)c2C(/C=C\C)=C1C.CC. The van der Waals surface area contributed by atoms with Crippen LogP contribution in [-0.2, 0) is 12.8 Å². The summed E-state index contributed by atoms with van der Waals surface area (Å²) in [5.74, 6) is 0.761. The summed E-state index contributed by atoms with van der Waals surface area (Å²) in [7, 11) is 0. The van der Waals surface area contributed by atoms with Crippen LogP contribution < -0.4 is 5.32 Å². The summed E-state index contributed by atoms with van der Waals surface area (Å²) in [5.41, 5.74) is 13.0. The molecule has 2 aromatic carbocycles. The van der Waals surface area contributed by atoms with Gasteiger partial charge in [0, 0.05) is 16.9 Å². The number of hydrogen-bond donors (Lipinski definition) is 1. The summed E-state index contributed by atoms with van der Waals surface area (Å²) < 4.78 is 0. The molecule has 0 aromatic heterocycles. The average molecular weight is 372 g/mol. The summed E-state index contributed by atoms with van der Waals surface area (Å²) in [6.45, 7) is 17.0. The van der Waals surface area contributed by atoms with E-state index in [9.17, 15) is 0 Å². The molecule has 1 unspecified atom stereocenters. The number of aryl methyl sites for hydroxylation is 1. The maximum absolute atomic E-state index is 4.20. The Labute approximate surface area is 170 Å². The predicted octanol–water partition coefficient (Wildman–Crippen LogP) is 7.71. The minimum absolute atomic E-state index is 0.761. The van der Waals surface area contributed by atoms with Crippen molar-refractivity contribution in [1.82, 2.24) is 0 Å². The zero-order valence-electron chi connectivity index (χ0n) is 18.2. The first kappa shape index (κ1) is 20.2. The molecular formula is C27H33N. The highest BCUT2D eigenvalue weighted by Crippen LogP contribution is 2.44. The summed E-state index contributed by atoms with van der Waals surface area (Å²) in [6, 6.07) is 11.5. The van der Waals surface area contributed by atoms with E-state index in [2.05, 4.69) is 82.1 Å². The summed E-state index contributed by atoms with van der Waals surface area (Å²) in [5, 5.41) is 3.51. The highest BCUT2D eigenvalue weighted by molar-refractivity contribution is 5.98. The van der Waals surface area contributed by atoms with E-state index >= 15 is 0 Å². The quantitative estimate of drug-likeness (QED) is 0.570. The van der Waals surface area contributed by atoms with Gasteiger partial charge in [-0.25, -0.2) is 0 Å². The largest absolute Gasteiger partial charge is 0.355 e. The Morgan fingerprint density at radius 3 is 2.43 bits per heavy atom. The molecule has 1 heterocycles. The van der Waals surface area contributed by atoms with E-state index in [-0.39, 0.29) is 0 Å². The van der Waals surface area contributed by atoms with Gasteiger partial charge in [0.15, 0.2) is 0 Å². The number of anilines is 1. The number of fused-ring (bicyclic) bond motifs is 2. The van der Waals surface area contributed by atoms with E-state index in [0.29, 0.717) is 0 Å². The molecule has 1 aliphatic carbocycles. The van der Waals surface area contributed by atoms with Gasteiger partial charge in [-0.3, -0.25) is 0 Å². The molecule has 0 saturated carbocycles. The van der Waals surface area contributed by atoms with Crippen molar-refractivity contribution in [2.45, 2.75) is 54.4 Å². The van der Waals surface area contributed by atoms with Gasteiger partial charge in [-0.2, -0.15) is 0 Å². The number of hydrogen-bond acceptors (Lipinski definition) is 1. The Hall–Kier alpha value is -2.54. The lowest BCUT2D eigenvalue weighted by molar-refractivity contribution is 0.628. The van der Waals surface area contributed by atoms with Crippen molar-refractivity contribution in [3.05, 3.63) is 82.6 Å². The standard InChI is InChI=1S/C25H27N.C2H6/c1-6-7-22-17(4)18(5)26-23-11-8-16(3)24(25(22)23)20-10-9-19-12-15(2)13-21(19)14-20;1-2/h6-11,14-15,26H,5,12-13H2,1-4H3;1-2H3/b7-6-;. The van der Waals surface area contributed by atoms with Gasteiger partial charge in [-0.1, -0.05) is 63.8 Å². The predicted molar refractivity (Wildman–Crippen MR) is 125 cm³/mol. The molecule has 0 saturated heterocycles. The highest BCUT2D eigenvalue weighted by Gasteiger charge is 2.24. The first-order chi connectivity index (χ1) is 13.5. The third kappa shape index (κ3) is 3.46. The lowest BCUT2D eigenvalue weighted by Gasteiger charge is -2.27. The van der Waals surface area contributed by atoms with Crippen LogP contribution in [0.25, 0.3) is 16.7 Å². The highest BCUT2D eigenvalue weighted by atomic mass is 14.9. The van der Waals surface area contributed by atoms with E-state index in [1.165, 1.54) is 57.4 Å². The zero-order chi connectivity index (χ0) is 20.4. The lowest BCUT2D eigenvalue weighted by Crippen LogP contribution is -2.11. The van der Waals surface area contributed by atoms with Crippen LogP contribution in [0.15, 0.2) is 60.3 Å². The molecule has 2 aromatic rings. The summed E-state index contributed by atoms with van der Waals surface area (Å²) in [4.78, 5) is 0. The van der Waals surface area contributed by atoms with Gasteiger partial charge in [0.05, 0.1) is 0 Å². The number of rotatable bonds is 2. The first-order valence-corrected chi connectivity index (χ1v) is 10.6. The van der Waals surface area contributed by atoms with Crippen molar-refractivity contribution in [3.63, 3.8) is 0 Å². The van der Waals surface area contributed by atoms with E-state index < -0.39 is 0 Å². The number of allylic oxidation sites excluding steroid dienone is 4. The molecule has 0 bridgehead atoms. The second-order valence-electron chi connectivity index (χ2n) is 7.82. The Balaban J connectivity index is 0.00000109. The Morgan fingerprint density at radius 1 is 1.00 bits per heavy atom. The van der Waals surface area contributed by atoms with E-state index in [4.69, 9.17) is 0 Å². The van der Waals surface area contributed by atoms with Gasteiger partial charge in [0.1, 0.15) is 0 Å². The van der Waals surface area contributed by atoms with E-state index in [1.54, 1.807) is 0 Å². The minimum atomic E-state index is 0.761. The van der Waals surface area contributed by atoms with Crippen LogP contribution in [0.3, 0.4) is 0 Å². The van der Waals surface area contributed by atoms with Gasteiger partial charge in [-0.05, 0) is 84.6 Å². The Bertz CT molecular complexity index is 972. The molecule has 0 fully saturated rings. The van der Waals surface area contributed by atoms with Gasteiger partial charge >= 0.3 is 0 Å². The van der Waals surface area contributed by atoms with Crippen LogP contribution in [-0.4, -0.2) is 0 Å². The van der Waals surface area contributed by atoms with Gasteiger partial charge in [0.2, 0.25) is 0 Å². The van der Waals surface area contributed by atoms with Crippen LogP contribution in [0.2, 0.25) is 0 Å². The van der Waals surface area contributed by atoms with Crippen molar-refractivity contribution < 1.29 is 0 Å². The van der Waals surface area contributed by atoms with Crippen LogP contribution in [0.1, 0.15) is 56.9 Å². The monoisotopic (exact) mass is 371 g/mol. The molecule has 146 valence electrons. The molecule has 2 aliphatic rings. The normalized spacial score (nSPS) is 17.8. The van der Waals surface area contributed by atoms with E-state index in [1.807, 2.05) is 13.8 Å². The number of benzene rings is 2. The molecule has 1 heteroatoms. The molecule has 0 amide bonds. The lowest BCUT2D eigenvalue weighted by atomic mass is 9.84. The van der Waals surface area contributed by atoms with Gasteiger partial charge < -0.3 is 5.32 Å². The van der Waals surface area contributed by atoms with Crippen molar-refractivity contribution in [1.29, 1.82) is 0 Å². The average Bonchev–Trinajstić information content (AvgIpc) is 3.06. The molecule has 1 N–H and O–H groups in total. The van der Waals surface area contributed by atoms with Crippen molar-refractivity contribution >= 4 is 11.3 Å². The fraction of sp³-hybridized carbons (Fsp3) is 0.333. The molecule has 4 rings (SSSR count). The van der Waals surface area contributed by atoms with Gasteiger partial charge in [-0.15, -0.1) is 0 Å². The third-order valence-corrected chi connectivity index (χ3v) is 5.79. The number of nitrogens with one attached hydrogen (secondary N) is 1. The minimum Gasteiger partial charge on any atom is -0.355 e. The molecule has 0 radical (unpaired) electrons. The molecule has 0 spiro atoms. The third-order valence-electron chi connectivity index (χ3n) is 5.79. The van der Waals surface area contributed by atoms with Crippen molar-refractivity contribution in [2.75, 3.05) is 5.32 Å². The zero-order valence-corrected chi connectivity index (χ0v) is 18.2. The molecule has 28 heavy (non-hydrogen) atoms.